The van der Waals surface area contributed by atoms with Crippen molar-refractivity contribution in [1.82, 2.24) is 4.90 Å². The van der Waals surface area contributed by atoms with E-state index in [9.17, 15) is 0 Å². The van der Waals surface area contributed by atoms with Crippen molar-refractivity contribution < 1.29 is 0 Å². The molecule has 2 fully saturated rings. The molecule has 1 atom stereocenters. The van der Waals surface area contributed by atoms with Gasteiger partial charge in [-0.1, -0.05) is 19.3 Å². The lowest BCUT2D eigenvalue weighted by molar-refractivity contribution is 0.0321. The van der Waals surface area contributed by atoms with Gasteiger partial charge >= 0.3 is 0 Å². The van der Waals surface area contributed by atoms with E-state index < -0.39 is 0 Å². The maximum atomic E-state index is 6.08. The fraction of sp³-hybridized carbons (Fsp3) is 1.00. The highest BCUT2D eigenvalue weighted by Gasteiger charge is 2.55. The van der Waals surface area contributed by atoms with Crippen molar-refractivity contribution in [2.75, 3.05) is 20.6 Å². The second kappa shape index (κ2) is 3.49. The molecule has 2 rings (SSSR count). The Morgan fingerprint density at radius 2 is 1.57 bits per heavy atom. The number of nitrogens with two attached hydrogens (primary N) is 1. The van der Waals surface area contributed by atoms with Gasteiger partial charge in [-0.3, -0.25) is 0 Å². The number of rotatable bonds is 2. The lowest BCUT2D eigenvalue weighted by Crippen LogP contribution is -2.58. The summed E-state index contributed by atoms with van der Waals surface area (Å²) in [5, 5.41) is 0. The van der Waals surface area contributed by atoms with Crippen molar-refractivity contribution in [3.8, 4) is 0 Å². The van der Waals surface area contributed by atoms with Crippen molar-refractivity contribution in [2.24, 2.45) is 11.1 Å². The normalized spacial score (nSPS) is 36.0. The fourth-order valence-electron chi connectivity index (χ4n) is 4.18. The van der Waals surface area contributed by atoms with Gasteiger partial charge in [0.05, 0.1) is 0 Å². The zero-order valence-corrected chi connectivity index (χ0v) is 9.68. The van der Waals surface area contributed by atoms with Crippen LogP contribution in [0.2, 0.25) is 0 Å². The summed E-state index contributed by atoms with van der Waals surface area (Å²) in [6.45, 7) is 0.847. The summed E-state index contributed by atoms with van der Waals surface area (Å²) in [6, 6.07) is 0. The van der Waals surface area contributed by atoms with Crippen molar-refractivity contribution in [3.05, 3.63) is 0 Å². The minimum absolute atomic E-state index is 0.323. The average Bonchev–Trinajstić information content (AvgIpc) is 2.75. The lowest BCUT2D eigenvalue weighted by Gasteiger charge is -2.48. The average molecular weight is 196 g/mol. The van der Waals surface area contributed by atoms with Crippen LogP contribution in [0.4, 0.5) is 0 Å². The van der Waals surface area contributed by atoms with Gasteiger partial charge in [0.15, 0.2) is 0 Å². The minimum atomic E-state index is 0.323. The summed E-state index contributed by atoms with van der Waals surface area (Å²) in [6.07, 6.45) is 9.81. The SMILES string of the molecule is CN(C)C1(CN)CCCC12CCCC2. The van der Waals surface area contributed by atoms with Crippen LogP contribution in [0.1, 0.15) is 44.9 Å². The van der Waals surface area contributed by atoms with Crippen molar-refractivity contribution in [1.29, 1.82) is 0 Å². The molecule has 0 bridgehead atoms. The second-order valence-electron chi connectivity index (χ2n) is 5.47. The summed E-state index contributed by atoms with van der Waals surface area (Å²) in [5.74, 6) is 0. The molecule has 0 saturated heterocycles. The zero-order chi connectivity index (χ0) is 10.2. The molecule has 0 aromatic rings. The summed E-state index contributed by atoms with van der Waals surface area (Å²) < 4.78 is 0. The number of hydrogen-bond acceptors (Lipinski definition) is 2. The molecule has 0 aromatic heterocycles. The lowest BCUT2D eigenvalue weighted by atomic mass is 9.69. The summed E-state index contributed by atoms with van der Waals surface area (Å²) in [5.41, 5.74) is 6.98. The van der Waals surface area contributed by atoms with Gasteiger partial charge in [0.25, 0.3) is 0 Å². The standard InChI is InChI=1S/C12H24N2/c1-14(2)12(10-13)9-5-8-11(12)6-3-4-7-11/h3-10,13H2,1-2H3. The molecular weight excluding hydrogens is 172 g/mol. The van der Waals surface area contributed by atoms with Crippen molar-refractivity contribution in [3.63, 3.8) is 0 Å². The molecule has 2 heteroatoms. The van der Waals surface area contributed by atoms with E-state index in [1.165, 1.54) is 44.9 Å². The van der Waals surface area contributed by atoms with Gasteiger partial charge in [-0.2, -0.15) is 0 Å². The van der Waals surface area contributed by atoms with Crippen molar-refractivity contribution in [2.45, 2.75) is 50.5 Å². The third kappa shape index (κ3) is 1.17. The highest BCUT2D eigenvalue weighted by Crippen LogP contribution is 2.57. The van der Waals surface area contributed by atoms with Crippen LogP contribution >= 0.6 is 0 Å². The molecule has 0 radical (unpaired) electrons. The molecule has 14 heavy (non-hydrogen) atoms. The molecule has 1 unspecified atom stereocenters. The Balaban J connectivity index is 2.30. The van der Waals surface area contributed by atoms with Crippen LogP contribution in [-0.2, 0) is 0 Å². The zero-order valence-electron chi connectivity index (χ0n) is 9.68. The Hall–Kier alpha value is -0.0800. The largest absolute Gasteiger partial charge is 0.329 e. The molecule has 2 aliphatic carbocycles. The first-order valence-electron chi connectivity index (χ1n) is 6.04. The van der Waals surface area contributed by atoms with Crippen LogP contribution in [0.3, 0.4) is 0 Å². The molecule has 2 saturated carbocycles. The van der Waals surface area contributed by atoms with E-state index in [0.717, 1.165) is 6.54 Å². The number of nitrogens with zero attached hydrogens (tertiary/aromatic N) is 1. The highest BCUT2D eigenvalue weighted by atomic mass is 15.2. The summed E-state index contributed by atoms with van der Waals surface area (Å²) in [7, 11) is 4.44. The molecule has 2 N–H and O–H groups in total. The van der Waals surface area contributed by atoms with Gasteiger partial charge in [-0.05, 0) is 45.2 Å². The molecule has 2 nitrogen and oxygen atoms in total. The van der Waals surface area contributed by atoms with E-state index in [1.807, 2.05) is 0 Å². The van der Waals surface area contributed by atoms with Gasteiger partial charge in [0.2, 0.25) is 0 Å². The molecule has 2 aliphatic rings. The molecule has 1 spiro atoms. The van der Waals surface area contributed by atoms with E-state index in [-0.39, 0.29) is 0 Å². The Morgan fingerprint density at radius 1 is 1.00 bits per heavy atom. The van der Waals surface area contributed by atoms with E-state index in [1.54, 1.807) is 0 Å². The van der Waals surface area contributed by atoms with E-state index in [4.69, 9.17) is 5.73 Å². The van der Waals surface area contributed by atoms with Crippen LogP contribution in [0.25, 0.3) is 0 Å². The predicted octanol–water partition coefficient (Wildman–Crippen LogP) is 1.99. The van der Waals surface area contributed by atoms with Gasteiger partial charge in [-0.25, -0.2) is 0 Å². The Morgan fingerprint density at radius 3 is 2.07 bits per heavy atom. The topological polar surface area (TPSA) is 29.3 Å². The first-order chi connectivity index (χ1) is 6.67. The van der Waals surface area contributed by atoms with Crippen LogP contribution in [0, 0.1) is 5.41 Å². The van der Waals surface area contributed by atoms with Crippen LogP contribution < -0.4 is 5.73 Å². The number of hydrogen-bond donors (Lipinski definition) is 1. The molecular formula is C12H24N2. The molecule has 0 amide bonds. The van der Waals surface area contributed by atoms with Crippen LogP contribution in [0.5, 0.6) is 0 Å². The maximum absolute atomic E-state index is 6.08. The smallest absolute Gasteiger partial charge is 0.0381 e. The van der Waals surface area contributed by atoms with E-state index in [2.05, 4.69) is 19.0 Å². The van der Waals surface area contributed by atoms with Gasteiger partial charge < -0.3 is 10.6 Å². The maximum Gasteiger partial charge on any atom is 0.0381 e. The third-order valence-electron chi connectivity index (χ3n) is 4.99. The highest BCUT2D eigenvalue weighted by molar-refractivity contribution is 5.11. The molecule has 0 heterocycles. The predicted molar refractivity (Wildman–Crippen MR) is 60.2 cm³/mol. The van der Waals surface area contributed by atoms with E-state index >= 15 is 0 Å². The first kappa shape index (κ1) is 10.4. The third-order valence-corrected chi connectivity index (χ3v) is 4.99. The second-order valence-corrected chi connectivity index (χ2v) is 5.47. The van der Waals surface area contributed by atoms with Gasteiger partial charge in [0.1, 0.15) is 0 Å². The Labute approximate surface area is 87.8 Å². The quantitative estimate of drug-likeness (QED) is 0.732. The van der Waals surface area contributed by atoms with Gasteiger partial charge in [-0.15, -0.1) is 0 Å². The fourth-order valence-corrected chi connectivity index (χ4v) is 4.18. The number of likely N-dealkylation sites (N-methyl/N-ethyl adjacent to an activating group) is 1. The molecule has 0 aromatic carbocycles. The molecule has 0 aliphatic heterocycles. The Kier molecular flexibility index (Phi) is 2.61. The Bertz CT molecular complexity index is 201. The van der Waals surface area contributed by atoms with Crippen LogP contribution in [-0.4, -0.2) is 31.1 Å². The summed E-state index contributed by atoms with van der Waals surface area (Å²) in [4.78, 5) is 2.42. The molecule has 82 valence electrons. The minimum Gasteiger partial charge on any atom is -0.329 e. The van der Waals surface area contributed by atoms with Gasteiger partial charge in [0, 0.05) is 12.1 Å². The monoisotopic (exact) mass is 196 g/mol. The van der Waals surface area contributed by atoms with Crippen molar-refractivity contribution >= 4 is 0 Å². The summed E-state index contributed by atoms with van der Waals surface area (Å²) >= 11 is 0. The van der Waals surface area contributed by atoms with Crippen LogP contribution in [0.15, 0.2) is 0 Å². The van der Waals surface area contributed by atoms with E-state index in [0.29, 0.717) is 11.0 Å². The first-order valence-corrected chi connectivity index (χ1v) is 6.04.